The Bertz CT molecular complexity index is 2520. The van der Waals surface area contributed by atoms with Crippen molar-refractivity contribution in [2.24, 2.45) is 58.2 Å². The molecule has 0 spiro atoms. The molecule has 2 aliphatic rings. The standard InChI is InChI=1S/C64H105N11O13/c1-15-41(8)58(73(12)62(83)49(39(4)5)35-53(78)57(40(6)7)72(10)11)54(87-13)36-56(80)75-29-17-19-51(75)59(88-14)42(9)60(81)69-46(37-68-71-66)32-43-20-22-44(23-21-43)33-52(77)50(18-16-28-67-64(65)86)70-61(82)48(38(2)3)34-47(76)24-25-55(79)74-30-26-45(27-31-74)63(84)85/h20-23,38-42,45-46,48-51,54,57-59H,15-19,24-37H2,1-14H3,(H,69,81)(H,70,82)(H,84,85)(H3,65,67,86)/t41-,42+,46-,48-,49-,50-,51-,54+,57-,58-,59+/m0/s1. The summed E-state index contributed by atoms with van der Waals surface area (Å²) < 4.78 is 12.1. The quantitative estimate of drug-likeness (QED) is 0.0214. The maximum atomic E-state index is 14.5. The Morgan fingerprint density at radius 3 is 1.93 bits per heavy atom. The molecule has 3 rings (SSSR count). The van der Waals surface area contributed by atoms with Crippen LogP contribution in [0.25, 0.3) is 10.4 Å². The molecule has 1 aromatic rings. The van der Waals surface area contributed by atoms with Crippen molar-refractivity contribution >= 4 is 58.9 Å². The lowest BCUT2D eigenvalue weighted by Crippen LogP contribution is -2.54. The van der Waals surface area contributed by atoms with Crippen LogP contribution in [0.5, 0.6) is 0 Å². The van der Waals surface area contributed by atoms with Crippen LogP contribution >= 0.6 is 0 Å². The molecule has 2 saturated heterocycles. The molecule has 0 saturated carbocycles. The summed E-state index contributed by atoms with van der Waals surface area (Å²) in [4.78, 5) is 144. The van der Waals surface area contributed by atoms with Crippen molar-refractivity contribution < 1.29 is 62.5 Å². The number of nitrogens with zero attached hydrogens (tertiary/aromatic N) is 7. The van der Waals surface area contributed by atoms with Crippen LogP contribution in [0, 0.1) is 47.3 Å². The first-order valence-electron chi connectivity index (χ1n) is 31.6. The number of urea groups is 1. The summed E-state index contributed by atoms with van der Waals surface area (Å²) in [5.41, 5.74) is 16.0. The zero-order valence-corrected chi connectivity index (χ0v) is 55.0. The van der Waals surface area contributed by atoms with Crippen LogP contribution in [-0.2, 0) is 65.5 Å². The second-order valence-electron chi connectivity index (χ2n) is 25.6. The summed E-state index contributed by atoms with van der Waals surface area (Å²) in [6.07, 6.45) is 1.57. The van der Waals surface area contributed by atoms with Crippen LogP contribution < -0.4 is 21.7 Å². The van der Waals surface area contributed by atoms with Crippen LogP contribution in [0.15, 0.2) is 29.4 Å². The van der Waals surface area contributed by atoms with Gasteiger partial charge in [-0.2, -0.15) is 0 Å². The number of aliphatic carboxylic acids is 1. The maximum absolute atomic E-state index is 14.5. The molecule has 24 heteroatoms. The van der Waals surface area contributed by atoms with E-state index in [0.717, 1.165) is 5.56 Å². The molecule has 0 aromatic heterocycles. The Hall–Kier alpha value is -6.49. The summed E-state index contributed by atoms with van der Waals surface area (Å²) >= 11 is 0. The van der Waals surface area contributed by atoms with Gasteiger partial charge in [0.25, 0.3) is 0 Å². The lowest BCUT2D eigenvalue weighted by atomic mass is 9.83. The summed E-state index contributed by atoms with van der Waals surface area (Å²) in [5, 5.41) is 21.5. The lowest BCUT2D eigenvalue weighted by Gasteiger charge is -2.41. The van der Waals surface area contributed by atoms with E-state index in [0.29, 0.717) is 63.7 Å². The molecule has 2 aliphatic heterocycles. The molecule has 0 radical (unpaired) electrons. The molecule has 88 heavy (non-hydrogen) atoms. The van der Waals surface area contributed by atoms with E-state index in [1.165, 1.54) is 14.2 Å². The van der Waals surface area contributed by atoms with Gasteiger partial charge in [-0.3, -0.25) is 48.1 Å². The number of likely N-dealkylation sites (tertiary alicyclic amines) is 2. The number of piperidine rings is 1. The summed E-state index contributed by atoms with van der Waals surface area (Å²) in [5.74, 6) is -6.11. The second-order valence-corrected chi connectivity index (χ2v) is 25.6. The minimum atomic E-state index is -0.989. The average Bonchev–Trinajstić information content (AvgIpc) is 2.73. The number of azide groups is 1. The lowest BCUT2D eigenvalue weighted by molar-refractivity contribution is -0.149. The van der Waals surface area contributed by atoms with Crippen molar-refractivity contribution in [2.75, 3.05) is 68.1 Å². The Balaban J connectivity index is 1.73. The molecule has 0 unspecified atom stereocenters. The number of primary amides is 1. The van der Waals surface area contributed by atoms with E-state index in [9.17, 15) is 58.6 Å². The number of carboxylic acids is 1. The zero-order valence-electron chi connectivity index (χ0n) is 55.0. The highest BCUT2D eigenvalue weighted by molar-refractivity contribution is 5.94. The molecule has 0 bridgehead atoms. The molecule has 1 aromatic carbocycles. The molecule has 2 fully saturated rings. The minimum Gasteiger partial charge on any atom is -0.481 e. The molecule has 494 valence electrons. The van der Waals surface area contributed by atoms with Gasteiger partial charge in [0.05, 0.1) is 54.6 Å². The van der Waals surface area contributed by atoms with Crippen molar-refractivity contribution in [3.05, 3.63) is 45.8 Å². The first-order valence-corrected chi connectivity index (χ1v) is 31.6. The van der Waals surface area contributed by atoms with E-state index in [4.69, 9.17) is 15.2 Å². The number of nitrogens with two attached hydrogens (primary N) is 1. The van der Waals surface area contributed by atoms with Crippen molar-refractivity contribution in [3.63, 3.8) is 0 Å². The molecule has 24 nitrogen and oxygen atoms in total. The second kappa shape index (κ2) is 37.5. The minimum absolute atomic E-state index is 0.00681. The number of hydrogen-bond acceptors (Lipinski definition) is 14. The monoisotopic (exact) mass is 1240 g/mol. The third-order valence-electron chi connectivity index (χ3n) is 18.0. The molecule has 6 N–H and O–H groups in total. The number of methoxy groups -OCH3 is 2. The number of Topliss-reactive ketones (excluding diaryl/α,β-unsaturated/α-hetero) is 3. The molecular weight excluding hydrogens is 1130 g/mol. The number of benzene rings is 1. The number of carboxylic acid groups (broad SMARTS) is 1. The van der Waals surface area contributed by atoms with Gasteiger partial charge < -0.3 is 51.0 Å². The summed E-state index contributed by atoms with van der Waals surface area (Å²) in [6, 6.07) is 3.40. The predicted octanol–water partition coefficient (Wildman–Crippen LogP) is 6.14. The van der Waals surface area contributed by atoms with Gasteiger partial charge in [-0.15, -0.1) is 0 Å². The fraction of sp³-hybridized carbons (Fsp3) is 0.750. The molecule has 0 aliphatic carbocycles. The van der Waals surface area contributed by atoms with Crippen LogP contribution in [0.2, 0.25) is 0 Å². The number of amides is 7. The topological polar surface area (TPSA) is 333 Å². The van der Waals surface area contributed by atoms with Gasteiger partial charge in [0, 0.05) is 109 Å². The molecule has 2 heterocycles. The van der Waals surface area contributed by atoms with Gasteiger partial charge in [-0.05, 0) is 99.4 Å². The molecular formula is C64H105N11O13. The Morgan fingerprint density at radius 1 is 0.773 bits per heavy atom. The van der Waals surface area contributed by atoms with Gasteiger partial charge >= 0.3 is 12.0 Å². The van der Waals surface area contributed by atoms with E-state index in [1.807, 2.05) is 60.5 Å². The highest BCUT2D eigenvalue weighted by atomic mass is 16.5. The fourth-order valence-corrected chi connectivity index (χ4v) is 12.7. The van der Waals surface area contributed by atoms with Crippen molar-refractivity contribution in [1.82, 2.24) is 35.6 Å². The van der Waals surface area contributed by atoms with Gasteiger partial charge in [-0.25, -0.2) is 4.79 Å². The van der Waals surface area contributed by atoms with E-state index in [2.05, 4.69) is 26.0 Å². The number of likely N-dealkylation sites (N-methyl/N-ethyl adjacent to an activating group) is 2. The van der Waals surface area contributed by atoms with Gasteiger partial charge in [0.2, 0.25) is 29.5 Å². The molecule has 11 atom stereocenters. The number of carbonyl (C=O) groups is 10. The maximum Gasteiger partial charge on any atom is 0.312 e. The van der Waals surface area contributed by atoms with Crippen LogP contribution in [0.3, 0.4) is 0 Å². The Labute approximate surface area is 521 Å². The number of ether oxygens (including phenoxy) is 2. The summed E-state index contributed by atoms with van der Waals surface area (Å²) in [6.45, 7) is 18.3. The third-order valence-corrected chi connectivity index (χ3v) is 18.0. The van der Waals surface area contributed by atoms with Crippen LogP contribution in [0.4, 0.5) is 4.79 Å². The number of carbonyl (C=O) groups excluding carboxylic acids is 9. The van der Waals surface area contributed by atoms with Gasteiger partial charge in [-0.1, -0.05) is 98.1 Å². The van der Waals surface area contributed by atoms with Gasteiger partial charge in [0.1, 0.15) is 5.78 Å². The Kier molecular flexibility index (Phi) is 32.3. The van der Waals surface area contributed by atoms with Crippen LogP contribution in [0.1, 0.15) is 150 Å². The van der Waals surface area contributed by atoms with Crippen LogP contribution in [-0.4, -0.2) is 194 Å². The van der Waals surface area contributed by atoms with Gasteiger partial charge in [0.15, 0.2) is 11.6 Å². The number of hydrogen-bond donors (Lipinski definition) is 5. The largest absolute Gasteiger partial charge is 0.481 e. The highest BCUT2D eigenvalue weighted by Gasteiger charge is 2.44. The van der Waals surface area contributed by atoms with E-state index >= 15 is 0 Å². The van der Waals surface area contributed by atoms with Crippen molar-refractivity contribution in [3.8, 4) is 0 Å². The fourth-order valence-electron chi connectivity index (χ4n) is 12.7. The first-order chi connectivity index (χ1) is 41.5. The average molecular weight is 1240 g/mol. The van der Waals surface area contributed by atoms with E-state index in [-0.39, 0.29) is 135 Å². The normalized spacial score (nSPS) is 18.0. The number of nitrogens with one attached hydrogen (secondary N) is 3. The third kappa shape index (κ3) is 23.1. The number of rotatable bonds is 39. The zero-order chi connectivity index (χ0) is 66.1. The molecule has 7 amide bonds. The smallest absolute Gasteiger partial charge is 0.312 e. The first kappa shape index (κ1) is 75.8. The van der Waals surface area contributed by atoms with Crippen molar-refractivity contribution in [1.29, 1.82) is 0 Å². The van der Waals surface area contributed by atoms with Crippen molar-refractivity contribution in [2.45, 2.75) is 195 Å². The van der Waals surface area contributed by atoms with E-state index < -0.39 is 78.0 Å². The summed E-state index contributed by atoms with van der Waals surface area (Å²) in [7, 11) is 8.53. The van der Waals surface area contributed by atoms with E-state index in [1.54, 1.807) is 66.8 Å². The Morgan fingerprint density at radius 2 is 1.40 bits per heavy atom. The number of ketones is 3. The predicted molar refractivity (Wildman–Crippen MR) is 334 cm³/mol. The highest BCUT2D eigenvalue weighted by Crippen LogP contribution is 2.32. The SMILES string of the molecule is CC[C@H](C)[C@@H]([C@@H](CC(=O)N1CCC[C@H]1[C@H](OC)[C@@H](C)C(=O)N[C@H](CN=[N+]=[N-])Cc1ccc(CC(=O)[C@H](CCCNC(N)=O)NC(=O)[C@@H](CC(=O)CCC(=O)N2CCC(C(=O)O)CC2)C(C)C)cc1)OC)N(C)C(=O)[C@@H](CC(=O)[C@H](C(C)C)N(C)C)C(C)C.